The van der Waals surface area contributed by atoms with Crippen molar-refractivity contribution in [3.63, 3.8) is 0 Å². The molecule has 4 nitrogen and oxygen atoms in total. The van der Waals surface area contributed by atoms with Crippen molar-refractivity contribution >= 4 is 28.8 Å². The first-order valence-corrected chi connectivity index (χ1v) is 10.0. The van der Waals surface area contributed by atoms with Crippen LogP contribution in [0.1, 0.15) is 36.5 Å². The van der Waals surface area contributed by atoms with Gasteiger partial charge in [-0.05, 0) is 54.3 Å². The summed E-state index contributed by atoms with van der Waals surface area (Å²) in [5.74, 6) is 0.867. The molecule has 4 rings (SSSR count). The SMILES string of the molecule is Cc1cccc(-c2nc3ccc(NC(=O)/C=C/c4ccc(C(C)C)cc4)cc3o2)c1. The number of carbonyl (C=O) groups excluding carboxylic acids is 1. The highest BCUT2D eigenvalue weighted by Gasteiger charge is 2.09. The molecule has 0 aliphatic heterocycles. The van der Waals surface area contributed by atoms with E-state index in [-0.39, 0.29) is 5.91 Å². The number of rotatable bonds is 5. The molecule has 0 fully saturated rings. The lowest BCUT2D eigenvalue weighted by molar-refractivity contribution is -0.111. The standard InChI is InChI=1S/C26H24N2O2/c1-17(2)20-10-7-19(8-11-20)9-14-25(29)27-22-12-13-23-24(16-22)30-26(28-23)21-6-4-5-18(3)15-21/h4-17H,1-3H3,(H,27,29)/b14-9+. The average molecular weight is 396 g/mol. The Hall–Kier alpha value is -3.66. The lowest BCUT2D eigenvalue weighted by atomic mass is 10.0. The van der Waals surface area contributed by atoms with Gasteiger partial charge in [0.2, 0.25) is 11.8 Å². The van der Waals surface area contributed by atoms with E-state index in [4.69, 9.17) is 4.42 Å². The molecule has 4 aromatic rings. The summed E-state index contributed by atoms with van der Waals surface area (Å²) in [6, 6.07) is 21.7. The van der Waals surface area contributed by atoms with E-state index < -0.39 is 0 Å². The van der Waals surface area contributed by atoms with Gasteiger partial charge in [0.1, 0.15) is 5.52 Å². The number of aromatic nitrogens is 1. The number of hydrogen-bond donors (Lipinski definition) is 1. The molecule has 1 heterocycles. The summed E-state index contributed by atoms with van der Waals surface area (Å²) >= 11 is 0. The Balaban J connectivity index is 1.47. The Labute approximate surface area is 176 Å². The van der Waals surface area contributed by atoms with E-state index in [9.17, 15) is 4.79 Å². The zero-order valence-corrected chi connectivity index (χ0v) is 17.3. The topological polar surface area (TPSA) is 55.1 Å². The molecule has 1 amide bonds. The van der Waals surface area contributed by atoms with E-state index in [1.54, 1.807) is 6.07 Å². The van der Waals surface area contributed by atoms with Crippen molar-refractivity contribution in [2.24, 2.45) is 0 Å². The van der Waals surface area contributed by atoms with Crippen molar-refractivity contribution in [3.8, 4) is 11.5 Å². The summed E-state index contributed by atoms with van der Waals surface area (Å²) in [4.78, 5) is 16.9. The second-order valence-electron chi connectivity index (χ2n) is 7.71. The van der Waals surface area contributed by atoms with Crippen molar-refractivity contribution in [2.45, 2.75) is 26.7 Å². The van der Waals surface area contributed by atoms with Crippen LogP contribution in [0.25, 0.3) is 28.6 Å². The molecule has 0 aliphatic carbocycles. The van der Waals surface area contributed by atoms with Gasteiger partial charge in [-0.2, -0.15) is 0 Å². The van der Waals surface area contributed by atoms with Gasteiger partial charge in [-0.1, -0.05) is 55.8 Å². The summed E-state index contributed by atoms with van der Waals surface area (Å²) in [7, 11) is 0. The van der Waals surface area contributed by atoms with Gasteiger partial charge < -0.3 is 9.73 Å². The van der Waals surface area contributed by atoms with Crippen LogP contribution in [0.5, 0.6) is 0 Å². The van der Waals surface area contributed by atoms with Crippen molar-refractivity contribution in [1.82, 2.24) is 4.98 Å². The summed E-state index contributed by atoms with van der Waals surface area (Å²) in [5.41, 5.74) is 6.41. The molecule has 0 spiro atoms. The van der Waals surface area contributed by atoms with Crippen molar-refractivity contribution < 1.29 is 9.21 Å². The monoisotopic (exact) mass is 396 g/mol. The van der Waals surface area contributed by atoms with Crippen LogP contribution in [0.4, 0.5) is 5.69 Å². The van der Waals surface area contributed by atoms with E-state index in [0.717, 1.165) is 22.2 Å². The molecule has 0 saturated carbocycles. The number of nitrogens with one attached hydrogen (secondary N) is 1. The fourth-order valence-corrected chi connectivity index (χ4v) is 3.25. The highest BCUT2D eigenvalue weighted by Crippen LogP contribution is 2.27. The first kappa shape index (κ1) is 19.6. The third-order valence-electron chi connectivity index (χ3n) is 4.95. The fourth-order valence-electron chi connectivity index (χ4n) is 3.25. The Bertz CT molecular complexity index is 1220. The first-order chi connectivity index (χ1) is 14.5. The van der Waals surface area contributed by atoms with Crippen LogP contribution in [0.15, 0.2) is 77.2 Å². The van der Waals surface area contributed by atoms with Crippen LogP contribution < -0.4 is 5.32 Å². The normalized spacial score (nSPS) is 11.5. The van der Waals surface area contributed by atoms with Crippen molar-refractivity contribution in [3.05, 3.63) is 89.5 Å². The molecule has 1 N–H and O–H groups in total. The highest BCUT2D eigenvalue weighted by molar-refractivity contribution is 6.02. The summed E-state index contributed by atoms with van der Waals surface area (Å²) in [6.07, 6.45) is 3.34. The smallest absolute Gasteiger partial charge is 0.248 e. The molecule has 150 valence electrons. The van der Waals surface area contributed by atoms with Gasteiger partial charge in [-0.15, -0.1) is 0 Å². The molecule has 1 aromatic heterocycles. The van der Waals surface area contributed by atoms with Crippen molar-refractivity contribution in [1.29, 1.82) is 0 Å². The number of hydrogen-bond acceptors (Lipinski definition) is 3. The van der Waals surface area contributed by atoms with Gasteiger partial charge in [-0.3, -0.25) is 4.79 Å². The molecule has 30 heavy (non-hydrogen) atoms. The molecule has 4 heteroatoms. The third-order valence-corrected chi connectivity index (χ3v) is 4.95. The lowest BCUT2D eigenvalue weighted by Crippen LogP contribution is -2.07. The molecule has 0 saturated heterocycles. The molecule has 0 bridgehead atoms. The van der Waals surface area contributed by atoms with E-state index in [1.807, 2.05) is 61.5 Å². The largest absolute Gasteiger partial charge is 0.436 e. The van der Waals surface area contributed by atoms with Gasteiger partial charge in [0.15, 0.2) is 5.58 Å². The zero-order valence-electron chi connectivity index (χ0n) is 17.3. The molecule has 3 aromatic carbocycles. The van der Waals surface area contributed by atoms with Crippen LogP contribution in [0.2, 0.25) is 0 Å². The average Bonchev–Trinajstić information content (AvgIpc) is 3.16. The Kier molecular flexibility index (Phi) is 5.48. The zero-order chi connectivity index (χ0) is 21.1. The molecule has 0 atom stereocenters. The second kappa shape index (κ2) is 8.37. The minimum absolute atomic E-state index is 0.194. The maximum absolute atomic E-state index is 12.3. The fraction of sp³-hybridized carbons (Fsp3) is 0.154. The number of benzene rings is 3. The molecule has 0 radical (unpaired) electrons. The number of aryl methyl sites for hydroxylation is 1. The number of oxazole rings is 1. The summed E-state index contributed by atoms with van der Waals surface area (Å²) < 4.78 is 5.91. The maximum atomic E-state index is 12.3. The van der Waals surface area contributed by atoms with Crippen LogP contribution in [0, 0.1) is 6.92 Å². The van der Waals surface area contributed by atoms with E-state index in [0.29, 0.717) is 23.1 Å². The summed E-state index contributed by atoms with van der Waals surface area (Å²) in [5, 5.41) is 2.88. The van der Waals surface area contributed by atoms with E-state index >= 15 is 0 Å². The van der Waals surface area contributed by atoms with Crippen molar-refractivity contribution in [2.75, 3.05) is 5.32 Å². The predicted molar refractivity (Wildman–Crippen MR) is 122 cm³/mol. The third kappa shape index (κ3) is 4.49. The van der Waals surface area contributed by atoms with Crippen LogP contribution in [-0.2, 0) is 4.79 Å². The molecule has 0 unspecified atom stereocenters. The lowest BCUT2D eigenvalue weighted by Gasteiger charge is -2.04. The number of amides is 1. The summed E-state index contributed by atoms with van der Waals surface area (Å²) in [6.45, 7) is 6.35. The van der Waals surface area contributed by atoms with Gasteiger partial charge >= 0.3 is 0 Å². The predicted octanol–water partition coefficient (Wildman–Crippen LogP) is 6.58. The molecule has 0 aliphatic rings. The van der Waals surface area contributed by atoms with Gasteiger partial charge in [0, 0.05) is 23.4 Å². The molecular weight excluding hydrogens is 372 g/mol. The minimum atomic E-state index is -0.194. The number of fused-ring (bicyclic) bond motifs is 1. The first-order valence-electron chi connectivity index (χ1n) is 10.0. The van der Waals surface area contributed by atoms with E-state index in [1.165, 1.54) is 11.6 Å². The number of anilines is 1. The maximum Gasteiger partial charge on any atom is 0.248 e. The minimum Gasteiger partial charge on any atom is -0.436 e. The van der Waals surface area contributed by atoms with Crippen LogP contribution in [-0.4, -0.2) is 10.9 Å². The Morgan fingerprint density at radius 3 is 2.57 bits per heavy atom. The van der Waals surface area contributed by atoms with Crippen LogP contribution >= 0.6 is 0 Å². The second-order valence-corrected chi connectivity index (χ2v) is 7.71. The van der Waals surface area contributed by atoms with Gasteiger partial charge in [0.25, 0.3) is 0 Å². The molecular formula is C26H24N2O2. The van der Waals surface area contributed by atoms with E-state index in [2.05, 4.69) is 36.3 Å². The highest BCUT2D eigenvalue weighted by atomic mass is 16.3. The van der Waals surface area contributed by atoms with Gasteiger partial charge in [-0.25, -0.2) is 4.98 Å². The number of nitrogens with zero attached hydrogens (tertiary/aromatic N) is 1. The Morgan fingerprint density at radius 2 is 1.83 bits per heavy atom. The number of carbonyl (C=O) groups is 1. The quantitative estimate of drug-likeness (QED) is 0.388. The van der Waals surface area contributed by atoms with Crippen LogP contribution in [0.3, 0.4) is 0 Å². The van der Waals surface area contributed by atoms with Gasteiger partial charge in [0.05, 0.1) is 0 Å². The Morgan fingerprint density at radius 1 is 1.03 bits per heavy atom.